The number of ether oxygens (including phenoxy) is 1. The molecule has 0 aliphatic carbocycles. The van der Waals surface area contributed by atoms with Gasteiger partial charge in [-0.25, -0.2) is 0 Å². The van der Waals surface area contributed by atoms with Crippen molar-refractivity contribution in [3.63, 3.8) is 0 Å². The highest BCUT2D eigenvalue weighted by molar-refractivity contribution is 7.07. The largest absolute Gasteiger partial charge is 0.493 e. The molecule has 0 aliphatic rings. The van der Waals surface area contributed by atoms with Gasteiger partial charge in [0.05, 0.1) is 13.2 Å². The van der Waals surface area contributed by atoms with Gasteiger partial charge in [0.2, 0.25) is 0 Å². The lowest BCUT2D eigenvalue weighted by atomic mass is 10.2. The van der Waals surface area contributed by atoms with Gasteiger partial charge in [0, 0.05) is 6.42 Å². The fourth-order valence-corrected chi connectivity index (χ4v) is 2.16. The highest BCUT2D eigenvalue weighted by atomic mass is 32.1. The first-order valence-corrected chi connectivity index (χ1v) is 6.16. The van der Waals surface area contributed by atoms with E-state index in [0.717, 1.165) is 17.7 Å². The minimum absolute atomic E-state index is 0.0573. The molecule has 3 heteroatoms. The first-order valence-electron chi connectivity index (χ1n) is 5.22. The molecule has 0 spiro atoms. The fourth-order valence-electron chi connectivity index (χ4n) is 1.46. The van der Waals surface area contributed by atoms with Gasteiger partial charge in [0.25, 0.3) is 0 Å². The lowest BCUT2D eigenvalue weighted by molar-refractivity contribution is 0.279. The van der Waals surface area contributed by atoms with E-state index in [1.165, 1.54) is 5.56 Å². The Morgan fingerprint density at radius 2 is 2.12 bits per heavy atom. The summed E-state index contributed by atoms with van der Waals surface area (Å²) in [6, 6.07) is 9.66. The third-order valence-electron chi connectivity index (χ3n) is 2.32. The van der Waals surface area contributed by atoms with Crippen molar-refractivity contribution in [2.24, 2.45) is 0 Å². The van der Waals surface area contributed by atoms with Gasteiger partial charge >= 0.3 is 0 Å². The van der Waals surface area contributed by atoms with Gasteiger partial charge in [-0.1, -0.05) is 12.1 Å². The number of thiophene rings is 1. The molecule has 1 N–H and O–H groups in total. The lowest BCUT2D eigenvalue weighted by Crippen LogP contribution is -2.00. The van der Waals surface area contributed by atoms with E-state index in [9.17, 15) is 0 Å². The Bertz CT molecular complexity index is 423. The molecule has 0 atom stereocenters. The maximum absolute atomic E-state index is 8.98. The summed E-state index contributed by atoms with van der Waals surface area (Å²) in [5, 5.41) is 13.2. The fraction of sp³-hybridized carbons (Fsp3) is 0.231. The Balaban J connectivity index is 1.85. The number of aliphatic hydroxyl groups excluding tert-OH is 1. The van der Waals surface area contributed by atoms with E-state index in [0.29, 0.717) is 6.61 Å². The van der Waals surface area contributed by atoms with Gasteiger partial charge in [0.1, 0.15) is 5.75 Å². The van der Waals surface area contributed by atoms with Crippen molar-refractivity contribution >= 4 is 11.3 Å². The molecule has 1 aromatic heterocycles. The maximum atomic E-state index is 8.98. The second-order valence-corrected chi connectivity index (χ2v) is 4.32. The van der Waals surface area contributed by atoms with Crippen LogP contribution in [-0.2, 0) is 13.0 Å². The van der Waals surface area contributed by atoms with Gasteiger partial charge in [-0.05, 0) is 40.1 Å². The molecule has 0 fully saturated rings. The van der Waals surface area contributed by atoms with Crippen molar-refractivity contribution in [2.75, 3.05) is 6.61 Å². The Kier molecular flexibility index (Phi) is 3.97. The highest BCUT2D eigenvalue weighted by Crippen LogP contribution is 2.14. The van der Waals surface area contributed by atoms with Crippen LogP contribution in [0.15, 0.2) is 41.1 Å². The summed E-state index contributed by atoms with van der Waals surface area (Å²) in [6.45, 7) is 0.730. The molecule has 0 saturated heterocycles. The molecule has 2 nitrogen and oxygen atoms in total. The third kappa shape index (κ3) is 3.08. The molecule has 0 bridgehead atoms. The molecule has 1 aromatic carbocycles. The zero-order valence-corrected chi connectivity index (χ0v) is 9.74. The molecule has 0 amide bonds. The third-order valence-corrected chi connectivity index (χ3v) is 3.05. The molecule has 0 radical (unpaired) electrons. The summed E-state index contributed by atoms with van der Waals surface area (Å²) in [7, 11) is 0. The van der Waals surface area contributed by atoms with Gasteiger partial charge < -0.3 is 9.84 Å². The predicted octanol–water partition coefficient (Wildman–Crippen LogP) is 2.86. The summed E-state index contributed by atoms with van der Waals surface area (Å²) in [6.07, 6.45) is 0.923. The monoisotopic (exact) mass is 234 g/mol. The topological polar surface area (TPSA) is 29.5 Å². The second kappa shape index (κ2) is 5.68. The van der Waals surface area contributed by atoms with E-state index in [-0.39, 0.29) is 6.61 Å². The molecule has 0 aliphatic heterocycles. The van der Waals surface area contributed by atoms with Crippen molar-refractivity contribution in [1.29, 1.82) is 0 Å². The van der Waals surface area contributed by atoms with Crippen LogP contribution in [0.2, 0.25) is 0 Å². The zero-order valence-electron chi connectivity index (χ0n) is 8.93. The normalized spacial score (nSPS) is 10.3. The highest BCUT2D eigenvalue weighted by Gasteiger charge is 1.97. The van der Waals surface area contributed by atoms with Crippen LogP contribution < -0.4 is 4.74 Å². The van der Waals surface area contributed by atoms with Gasteiger partial charge in [-0.3, -0.25) is 0 Å². The van der Waals surface area contributed by atoms with Crippen molar-refractivity contribution in [1.82, 2.24) is 0 Å². The molecule has 0 unspecified atom stereocenters. The Morgan fingerprint density at radius 3 is 2.88 bits per heavy atom. The molecule has 1 heterocycles. The molecule has 16 heavy (non-hydrogen) atoms. The lowest BCUT2D eigenvalue weighted by Gasteiger charge is -2.06. The number of benzene rings is 1. The van der Waals surface area contributed by atoms with Crippen LogP contribution in [-0.4, -0.2) is 11.7 Å². The molecule has 2 aromatic rings. The molecule has 0 saturated carbocycles. The first-order chi connectivity index (χ1) is 7.88. The van der Waals surface area contributed by atoms with Crippen molar-refractivity contribution < 1.29 is 9.84 Å². The minimum Gasteiger partial charge on any atom is -0.493 e. The average molecular weight is 234 g/mol. The van der Waals surface area contributed by atoms with E-state index in [1.807, 2.05) is 24.3 Å². The van der Waals surface area contributed by atoms with Gasteiger partial charge in [0.15, 0.2) is 0 Å². The van der Waals surface area contributed by atoms with Crippen LogP contribution in [0.4, 0.5) is 0 Å². The molecular formula is C13H14O2S. The zero-order chi connectivity index (χ0) is 11.2. The van der Waals surface area contributed by atoms with Crippen molar-refractivity contribution in [2.45, 2.75) is 13.0 Å². The minimum atomic E-state index is 0.0573. The second-order valence-electron chi connectivity index (χ2n) is 3.54. The van der Waals surface area contributed by atoms with Gasteiger partial charge in [-0.15, -0.1) is 0 Å². The average Bonchev–Trinajstić information content (AvgIpc) is 2.82. The van der Waals surface area contributed by atoms with Crippen LogP contribution in [0.3, 0.4) is 0 Å². The Labute approximate surface area is 99.1 Å². The maximum Gasteiger partial charge on any atom is 0.119 e. The molecular weight excluding hydrogens is 220 g/mol. The van der Waals surface area contributed by atoms with Crippen LogP contribution in [0.5, 0.6) is 5.75 Å². The van der Waals surface area contributed by atoms with Crippen LogP contribution in [0.25, 0.3) is 0 Å². The number of hydrogen-bond acceptors (Lipinski definition) is 3. The smallest absolute Gasteiger partial charge is 0.119 e. The summed E-state index contributed by atoms with van der Waals surface area (Å²) >= 11 is 1.70. The van der Waals surface area contributed by atoms with E-state index in [4.69, 9.17) is 9.84 Å². The van der Waals surface area contributed by atoms with E-state index in [1.54, 1.807) is 11.3 Å². The van der Waals surface area contributed by atoms with E-state index < -0.39 is 0 Å². The SMILES string of the molecule is OCc1cccc(OCCc2ccsc2)c1. The quantitative estimate of drug-likeness (QED) is 0.862. The van der Waals surface area contributed by atoms with Crippen molar-refractivity contribution in [3.8, 4) is 5.75 Å². The standard InChI is InChI=1S/C13H14O2S/c14-9-12-2-1-3-13(8-12)15-6-4-11-5-7-16-10-11/h1-3,5,7-8,10,14H,4,6,9H2. The first kappa shape index (κ1) is 11.2. The summed E-state index contributed by atoms with van der Waals surface area (Å²) < 4.78 is 5.62. The van der Waals surface area contributed by atoms with E-state index in [2.05, 4.69) is 16.8 Å². The summed E-state index contributed by atoms with van der Waals surface area (Å²) in [5.74, 6) is 0.821. The van der Waals surface area contributed by atoms with Crippen LogP contribution in [0, 0.1) is 0 Å². The van der Waals surface area contributed by atoms with Crippen LogP contribution in [0.1, 0.15) is 11.1 Å². The number of rotatable bonds is 5. The van der Waals surface area contributed by atoms with E-state index >= 15 is 0 Å². The number of aliphatic hydroxyl groups is 1. The number of hydrogen-bond donors (Lipinski definition) is 1. The summed E-state index contributed by atoms with van der Waals surface area (Å²) in [4.78, 5) is 0. The molecule has 2 rings (SSSR count). The summed E-state index contributed by atoms with van der Waals surface area (Å²) in [5.41, 5.74) is 2.19. The molecule has 84 valence electrons. The van der Waals surface area contributed by atoms with Gasteiger partial charge in [-0.2, -0.15) is 11.3 Å². The van der Waals surface area contributed by atoms with Crippen molar-refractivity contribution in [3.05, 3.63) is 52.2 Å². The predicted molar refractivity (Wildman–Crippen MR) is 65.9 cm³/mol. The Hall–Kier alpha value is -1.32. The van der Waals surface area contributed by atoms with Crippen LogP contribution >= 0.6 is 11.3 Å². The Morgan fingerprint density at radius 1 is 1.19 bits per heavy atom.